The Morgan fingerprint density at radius 2 is 2.35 bits per heavy atom. The predicted molar refractivity (Wildman–Crippen MR) is 81.4 cm³/mol. The van der Waals surface area contributed by atoms with Gasteiger partial charge in [-0.1, -0.05) is 12.8 Å². The average Bonchev–Trinajstić information content (AvgIpc) is 3.25. The summed E-state index contributed by atoms with van der Waals surface area (Å²) in [5, 5.41) is 9.26. The Kier molecular flexibility index (Phi) is 2.60. The van der Waals surface area contributed by atoms with E-state index in [4.69, 9.17) is 4.74 Å². The molecule has 2 unspecified atom stereocenters. The molecule has 3 fully saturated rings. The molecule has 0 spiro atoms. The second kappa shape index (κ2) is 4.47. The third-order valence-electron chi connectivity index (χ3n) is 6.30. The van der Waals surface area contributed by atoms with Crippen LogP contribution >= 0.6 is 0 Å². The van der Waals surface area contributed by atoms with Crippen LogP contribution in [-0.4, -0.2) is 28.4 Å². The highest BCUT2D eigenvalue weighted by Gasteiger charge is 2.62. The van der Waals surface area contributed by atoms with Gasteiger partial charge in [0.15, 0.2) is 0 Å². The maximum atomic E-state index is 13.3. The number of aromatic nitrogens is 1. The number of pyridine rings is 1. The quantitative estimate of drug-likeness (QED) is 0.799. The summed E-state index contributed by atoms with van der Waals surface area (Å²) in [6, 6.07) is 2.19. The zero-order valence-corrected chi connectivity index (χ0v) is 13.0. The Hall–Kier alpha value is -2.09. The Labute approximate surface area is 135 Å². The van der Waals surface area contributed by atoms with Crippen molar-refractivity contribution in [3.05, 3.63) is 23.5 Å². The summed E-state index contributed by atoms with van der Waals surface area (Å²) in [6.07, 6.45) is 9.95. The van der Waals surface area contributed by atoms with Crippen molar-refractivity contribution in [1.82, 2.24) is 9.88 Å². The van der Waals surface area contributed by atoms with Gasteiger partial charge in [-0.3, -0.25) is 9.78 Å². The highest BCUT2D eigenvalue weighted by Crippen LogP contribution is 2.63. The Balaban J connectivity index is 1.50. The zero-order valence-electron chi connectivity index (χ0n) is 13.0. The largest absolute Gasteiger partial charge is 0.487 e. The molecule has 4 atom stereocenters. The summed E-state index contributed by atoms with van der Waals surface area (Å²) in [7, 11) is 0. The molecule has 5 nitrogen and oxygen atoms in total. The SMILES string of the molecule is N#Cc1cncc2c1O[C@H]1C[C@@H]2N(C(=O)C23CCCCC2C3)C1. The van der Waals surface area contributed by atoms with Gasteiger partial charge in [0.1, 0.15) is 23.5 Å². The summed E-state index contributed by atoms with van der Waals surface area (Å²) in [4.78, 5) is 19.5. The van der Waals surface area contributed by atoms with Crippen molar-refractivity contribution in [3.63, 3.8) is 0 Å². The number of rotatable bonds is 1. The first-order chi connectivity index (χ1) is 11.2. The molecule has 2 bridgehead atoms. The number of nitriles is 1. The van der Waals surface area contributed by atoms with E-state index in [0.717, 1.165) is 24.8 Å². The third-order valence-corrected chi connectivity index (χ3v) is 6.30. The van der Waals surface area contributed by atoms with Gasteiger partial charge in [-0.05, 0) is 25.2 Å². The molecule has 2 aliphatic heterocycles. The molecule has 0 aromatic carbocycles. The summed E-state index contributed by atoms with van der Waals surface area (Å²) in [5.41, 5.74) is 1.32. The lowest BCUT2D eigenvalue weighted by atomic mass is 9.87. The Morgan fingerprint density at radius 3 is 3.17 bits per heavy atom. The second-order valence-electron chi connectivity index (χ2n) is 7.47. The van der Waals surface area contributed by atoms with Crippen LogP contribution in [0.15, 0.2) is 12.4 Å². The number of carbonyl (C=O) groups is 1. The smallest absolute Gasteiger partial charge is 0.229 e. The first-order valence-corrected chi connectivity index (χ1v) is 8.59. The summed E-state index contributed by atoms with van der Waals surface area (Å²) >= 11 is 0. The van der Waals surface area contributed by atoms with E-state index < -0.39 is 0 Å². The first-order valence-electron chi connectivity index (χ1n) is 8.59. The van der Waals surface area contributed by atoms with Gasteiger partial charge in [-0.2, -0.15) is 5.26 Å². The van der Waals surface area contributed by atoms with Crippen molar-refractivity contribution < 1.29 is 9.53 Å². The summed E-state index contributed by atoms with van der Waals surface area (Å²) in [5.74, 6) is 1.58. The highest BCUT2D eigenvalue weighted by atomic mass is 16.5. The van der Waals surface area contributed by atoms with Crippen LogP contribution in [0, 0.1) is 22.7 Å². The molecule has 2 aliphatic carbocycles. The molecule has 5 rings (SSSR count). The third kappa shape index (κ3) is 1.72. The number of amides is 1. The van der Waals surface area contributed by atoms with E-state index in [9.17, 15) is 10.1 Å². The van der Waals surface area contributed by atoms with Crippen molar-refractivity contribution in [2.24, 2.45) is 11.3 Å². The number of nitrogens with zero attached hydrogens (tertiary/aromatic N) is 3. The van der Waals surface area contributed by atoms with E-state index in [-0.39, 0.29) is 17.6 Å². The Bertz CT molecular complexity index is 740. The molecule has 5 heteroatoms. The molecule has 23 heavy (non-hydrogen) atoms. The van der Waals surface area contributed by atoms with Crippen molar-refractivity contribution >= 4 is 5.91 Å². The normalized spacial score (nSPS) is 36.5. The van der Waals surface area contributed by atoms with Gasteiger partial charge in [0.25, 0.3) is 0 Å². The van der Waals surface area contributed by atoms with Gasteiger partial charge in [-0.15, -0.1) is 0 Å². The fourth-order valence-corrected chi connectivity index (χ4v) is 5.03. The lowest BCUT2D eigenvalue weighted by molar-refractivity contribution is -0.139. The molecule has 1 aromatic heterocycles. The van der Waals surface area contributed by atoms with E-state index in [2.05, 4.69) is 11.1 Å². The summed E-state index contributed by atoms with van der Waals surface area (Å²) in [6.45, 7) is 0.650. The van der Waals surface area contributed by atoms with Gasteiger partial charge in [0.05, 0.1) is 18.0 Å². The number of carbonyl (C=O) groups excluding carboxylic acids is 1. The van der Waals surface area contributed by atoms with Crippen molar-refractivity contribution in [1.29, 1.82) is 5.26 Å². The Morgan fingerprint density at radius 1 is 1.43 bits per heavy atom. The van der Waals surface area contributed by atoms with Gasteiger partial charge in [0.2, 0.25) is 5.91 Å². The minimum Gasteiger partial charge on any atom is -0.487 e. The number of hydrogen-bond donors (Lipinski definition) is 0. The van der Waals surface area contributed by atoms with E-state index in [1.807, 2.05) is 4.90 Å². The van der Waals surface area contributed by atoms with Gasteiger partial charge < -0.3 is 9.64 Å². The van der Waals surface area contributed by atoms with E-state index in [1.165, 1.54) is 19.3 Å². The van der Waals surface area contributed by atoms with E-state index in [0.29, 0.717) is 29.7 Å². The number of hydrogen-bond acceptors (Lipinski definition) is 4. The maximum Gasteiger partial charge on any atom is 0.229 e. The fourth-order valence-electron chi connectivity index (χ4n) is 5.03. The molecule has 0 radical (unpaired) electrons. The topological polar surface area (TPSA) is 66.2 Å². The van der Waals surface area contributed by atoms with Crippen LogP contribution in [0.5, 0.6) is 5.75 Å². The second-order valence-corrected chi connectivity index (χ2v) is 7.47. The standard InChI is InChI=1S/C18H19N3O2/c19-7-11-8-20-9-14-15-5-13(23-16(11)14)10-21(15)17(22)18-4-2-1-3-12(18)6-18/h8-9,12-13,15H,1-6,10H2/t12?,13-,15-,18?/m0/s1. The van der Waals surface area contributed by atoms with Crippen LogP contribution in [0.1, 0.15) is 55.7 Å². The molecule has 0 N–H and O–H groups in total. The van der Waals surface area contributed by atoms with Crippen LogP contribution in [0.4, 0.5) is 0 Å². The number of likely N-dealkylation sites (tertiary alicyclic amines) is 1. The maximum absolute atomic E-state index is 13.3. The molecule has 1 saturated heterocycles. The average molecular weight is 309 g/mol. The minimum atomic E-state index is -0.0733. The first kappa shape index (κ1) is 13.4. The predicted octanol–water partition coefficient (Wildman–Crippen LogP) is 2.57. The van der Waals surface area contributed by atoms with Gasteiger partial charge in [0, 0.05) is 24.4 Å². The van der Waals surface area contributed by atoms with E-state index in [1.54, 1.807) is 12.4 Å². The summed E-state index contributed by atoms with van der Waals surface area (Å²) < 4.78 is 6.00. The van der Waals surface area contributed by atoms with E-state index >= 15 is 0 Å². The molecule has 3 heterocycles. The zero-order chi connectivity index (χ0) is 15.6. The fraction of sp³-hybridized carbons (Fsp3) is 0.611. The van der Waals surface area contributed by atoms with Crippen LogP contribution in [0.25, 0.3) is 0 Å². The molecular weight excluding hydrogens is 290 g/mol. The molecule has 4 aliphatic rings. The monoisotopic (exact) mass is 309 g/mol. The van der Waals surface area contributed by atoms with Crippen molar-refractivity contribution in [2.75, 3.05) is 6.54 Å². The lowest BCUT2D eigenvalue weighted by Crippen LogP contribution is -2.39. The van der Waals surface area contributed by atoms with Crippen LogP contribution in [0.2, 0.25) is 0 Å². The highest BCUT2D eigenvalue weighted by molar-refractivity contribution is 5.87. The van der Waals surface area contributed by atoms with Crippen molar-refractivity contribution in [2.45, 2.75) is 50.7 Å². The molecule has 1 amide bonds. The van der Waals surface area contributed by atoms with Crippen LogP contribution in [0.3, 0.4) is 0 Å². The van der Waals surface area contributed by atoms with Gasteiger partial charge in [-0.25, -0.2) is 0 Å². The molecular formula is C18H19N3O2. The molecule has 118 valence electrons. The van der Waals surface area contributed by atoms with Crippen molar-refractivity contribution in [3.8, 4) is 11.8 Å². The van der Waals surface area contributed by atoms with Crippen LogP contribution in [-0.2, 0) is 4.79 Å². The minimum absolute atomic E-state index is 0.0168. The van der Waals surface area contributed by atoms with Gasteiger partial charge >= 0.3 is 0 Å². The molecule has 2 saturated carbocycles. The lowest BCUT2D eigenvalue weighted by Gasteiger charge is -2.31. The number of ether oxygens (including phenoxy) is 1. The van der Waals surface area contributed by atoms with Crippen LogP contribution < -0.4 is 4.74 Å². The molecule has 1 aromatic rings. The number of fused-ring (bicyclic) bond motifs is 5.